The van der Waals surface area contributed by atoms with E-state index in [-0.39, 0.29) is 13.2 Å². The zero-order valence-corrected chi connectivity index (χ0v) is 10.2. The predicted molar refractivity (Wildman–Crippen MR) is 49.0 cm³/mol. The molecule has 0 saturated heterocycles. The van der Waals surface area contributed by atoms with E-state index in [1.807, 2.05) is 0 Å². The van der Waals surface area contributed by atoms with Crippen LogP contribution in [-0.4, -0.2) is 27.1 Å². The second-order valence-electron chi connectivity index (χ2n) is 2.37. The van der Waals surface area contributed by atoms with Crippen molar-refractivity contribution >= 4 is 17.8 Å². The molecule has 1 N–H and O–H groups in total. The normalized spacial score (nSPS) is 14.1. The van der Waals surface area contributed by atoms with Crippen molar-refractivity contribution in [1.82, 2.24) is 4.49 Å². The third kappa shape index (κ3) is 4.38. The quantitative estimate of drug-likeness (QED) is 0.750. The van der Waals surface area contributed by atoms with Gasteiger partial charge in [0.05, 0.1) is 13.2 Å². The summed E-state index contributed by atoms with van der Waals surface area (Å²) in [6.45, 7) is 2.12. The largest absolute Gasteiger partial charge is 0.511 e. The number of hydrogen-bond acceptors (Lipinski definition) is 5. The lowest BCUT2D eigenvalue weighted by molar-refractivity contribution is -0.0444. The fraction of sp³-hybridized carbons (Fsp3) is 1.00. The summed E-state index contributed by atoms with van der Waals surface area (Å²) in [6.07, 6.45) is 0. The minimum atomic E-state index is -5.76. The minimum absolute atomic E-state index is 0.266. The van der Waals surface area contributed by atoms with Gasteiger partial charge in [-0.2, -0.15) is 13.2 Å². The third-order valence-corrected chi connectivity index (χ3v) is 4.80. The average molecular weight is 285 g/mol. The number of hydrogen-bond donors (Lipinski definition) is 1. The molecule has 0 spiro atoms. The zero-order valence-electron chi connectivity index (χ0n) is 8.44. The van der Waals surface area contributed by atoms with Crippen LogP contribution < -0.4 is 4.49 Å². The van der Waals surface area contributed by atoms with Crippen LogP contribution in [0.3, 0.4) is 0 Å². The van der Waals surface area contributed by atoms with Crippen molar-refractivity contribution < 1.29 is 35.2 Å². The highest BCUT2D eigenvalue weighted by Crippen LogP contribution is 2.46. The summed E-state index contributed by atoms with van der Waals surface area (Å²) in [6, 6.07) is 0. The highest BCUT2D eigenvalue weighted by molar-refractivity contribution is 7.95. The topological polar surface area (TPSA) is 81.7 Å². The molecule has 16 heavy (non-hydrogen) atoms. The molecule has 0 aliphatic rings. The molecule has 0 rings (SSSR count). The molecule has 0 aliphatic carbocycles. The van der Waals surface area contributed by atoms with Crippen molar-refractivity contribution in [3.63, 3.8) is 0 Å². The van der Waals surface area contributed by atoms with E-state index in [0.717, 1.165) is 4.49 Å². The van der Waals surface area contributed by atoms with Crippen LogP contribution in [0.15, 0.2) is 0 Å². The summed E-state index contributed by atoms with van der Waals surface area (Å²) in [4.78, 5) is 0. The molecular formula is C5H11F3NO5PS. The maximum absolute atomic E-state index is 12.0. The van der Waals surface area contributed by atoms with Gasteiger partial charge in [0.15, 0.2) is 0 Å². The molecule has 0 aromatic heterocycles. The second kappa shape index (κ2) is 5.46. The van der Waals surface area contributed by atoms with E-state index < -0.39 is 23.3 Å². The molecular weight excluding hydrogens is 274 g/mol. The van der Waals surface area contributed by atoms with Crippen molar-refractivity contribution in [1.29, 1.82) is 0 Å². The van der Waals surface area contributed by atoms with Crippen LogP contribution in [0.25, 0.3) is 0 Å². The van der Waals surface area contributed by atoms with Crippen molar-refractivity contribution in [2.75, 3.05) is 13.2 Å². The maximum atomic E-state index is 12.0. The van der Waals surface area contributed by atoms with Gasteiger partial charge < -0.3 is 0 Å². The zero-order chi connectivity index (χ0) is 13.0. The number of rotatable bonds is 6. The Hall–Kier alpha value is -0.150. The molecule has 0 fully saturated rings. The molecule has 0 atom stereocenters. The van der Waals surface area contributed by atoms with Gasteiger partial charge in [0.25, 0.3) is 0 Å². The van der Waals surface area contributed by atoms with Gasteiger partial charge in [-0.05, 0) is 13.8 Å². The van der Waals surface area contributed by atoms with E-state index in [2.05, 4.69) is 9.05 Å². The molecule has 0 radical (unpaired) electrons. The van der Waals surface area contributed by atoms with E-state index in [1.54, 1.807) is 0 Å². The number of nitrogens with one attached hydrogen (secondary N) is 1. The van der Waals surface area contributed by atoms with Gasteiger partial charge in [0, 0.05) is 0 Å². The summed E-state index contributed by atoms with van der Waals surface area (Å²) >= 11 is 0. The van der Waals surface area contributed by atoms with Crippen molar-refractivity contribution in [3.05, 3.63) is 0 Å². The van der Waals surface area contributed by atoms with Gasteiger partial charge in [-0.25, -0.2) is 13.0 Å². The first-order chi connectivity index (χ1) is 7.08. The lowest BCUT2D eigenvalue weighted by Crippen LogP contribution is -2.35. The fourth-order valence-electron chi connectivity index (χ4n) is 0.629. The summed E-state index contributed by atoms with van der Waals surface area (Å²) in [5.41, 5.74) is -5.57. The predicted octanol–water partition coefficient (Wildman–Crippen LogP) is 1.61. The van der Waals surface area contributed by atoms with Crippen LogP contribution in [0.2, 0.25) is 0 Å². The SMILES string of the molecule is CCOP(=O)(NS(=O)(=O)C(F)(F)F)OCC. The smallest absolute Gasteiger partial charge is 0.296 e. The average Bonchev–Trinajstić information content (AvgIpc) is 2.00. The van der Waals surface area contributed by atoms with Gasteiger partial charge in [-0.1, -0.05) is 0 Å². The first kappa shape index (κ1) is 15.9. The lowest BCUT2D eigenvalue weighted by atomic mass is 10.9. The highest BCUT2D eigenvalue weighted by Gasteiger charge is 2.50. The number of alkyl halides is 3. The molecule has 0 heterocycles. The van der Waals surface area contributed by atoms with Gasteiger partial charge in [-0.15, -0.1) is 4.49 Å². The van der Waals surface area contributed by atoms with Crippen LogP contribution in [0.4, 0.5) is 13.2 Å². The molecule has 0 aromatic rings. The Morgan fingerprint density at radius 1 is 1.19 bits per heavy atom. The molecule has 0 aromatic carbocycles. The monoisotopic (exact) mass is 285 g/mol. The Bertz CT molecular complexity index is 357. The number of sulfonamides is 1. The Morgan fingerprint density at radius 2 is 1.56 bits per heavy atom. The summed E-state index contributed by atoms with van der Waals surface area (Å²) in [7, 11) is -10.3. The van der Waals surface area contributed by atoms with Gasteiger partial charge in [0.2, 0.25) is 0 Å². The Labute approximate surface area is 90.8 Å². The van der Waals surface area contributed by atoms with Gasteiger partial charge >= 0.3 is 23.3 Å². The molecule has 0 aliphatic heterocycles. The standard InChI is InChI=1S/C5H11F3NO5PS/c1-3-13-15(10,14-4-2)9-16(11,12)5(6,7)8/h3-4H2,1-2H3,(H,9,10). The maximum Gasteiger partial charge on any atom is 0.511 e. The Kier molecular flexibility index (Phi) is 5.40. The Balaban J connectivity index is 4.98. The second-order valence-corrected chi connectivity index (χ2v) is 6.08. The Morgan fingerprint density at radius 3 is 1.81 bits per heavy atom. The van der Waals surface area contributed by atoms with Crippen LogP contribution in [0.5, 0.6) is 0 Å². The fourth-order valence-corrected chi connectivity index (χ4v) is 3.40. The molecule has 98 valence electrons. The number of halogens is 3. The van der Waals surface area contributed by atoms with E-state index in [1.165, 1.54) is 13.8 Å². The summed E-state index contributed by atoms with van der Waals surface area (Å²) < 4.78 is 78.2. The molecule has 0 unspecified atom stereocenters. The van der Waals surface area contributed by atoms with E-state index in [9.17, 15) is 26.2 Å². The van der Waals surface area contributed by atoms with Crippen molar-refractivity contribution in [2.24, 2.45) is 0 Å². The molecule has 0 amide bonds. The first-order valence-electron chi connectivity index (χ1n) is 4.07. The van der Waals surface area contributed by atoms with Gasteiger partial charge in [-0.3, -0.25) is 9.05 Å². The molecule has 0 bridgehead atoms. The van der Waals surface area contributed by atoms with E-state index >= 15 is 0 Å². The lowest BCUT2D eigenvalue weighted by Gasteiger charge is -2.18. The van der Waals surface area contributed by atoms with E-state index in [4.69, 9.17) is 0 Å². The molecule has 6 nitrogen and oxygen atoms in total. The molecule has 0 saturated carbocycles. The summed E-state index contributed by atoms with van der Waals surface area (Å²) in [5, 5.41) is 0. The van der Waals surface area contributed by atoms with E-state index in [0.29, 0.717) is 0 Å². The molecule has 11 heteroatoms. The van der Waals surface area contributed by atoms with Gasteiger partial charge in [0.1, 0.15) is 0 Å². The van der Waals surface area contributed by atoms with Crippen LogP contribution in [0.1, 0.15) is 13.8 Å². The third-order valence-electron chi connectivity index (χ3n) is 1.13. The van der Waals surface area contributed by atoms with Crippen molar-refractivity contribution in [3.8, 4) is 0 Å². The minimum Gasteiger partial charge on any atom is -0.296 e. The van der Waals surface area contributed by atoms with Crippen LogP contribution in [0, 0.1) is 0 Å². The summed E-state index contributed by atoms with van der Waals surface area (Å²) in [5.74, 6) is 0. The first-order valence-corrected chi connectivity index (χ1v) is 7.10. The highest BCUT2D eigenvalue weighted by atomic mass is 32.2. The van der Waals surface area contributed by atoms with Crippen LogP contribution in [-0.2, 0) is 23.6 Å². The van der Waals surface area contributed by atoms with Crippen molar-refractivity contribution in [2.45, 2.75) is 19.4 Å². The van der Waals surface area contributed by atoms with Crippen LogP contribution >= 0.6 is 7.75 Å².